The van der Waals surface area contributed by atoms with Crippen molar-refractivity contribution in [1.29, 1.82) is 0 Å². The Morgan fingerprint density at radius 3 is 1.33 bits per heavy atom. The summed E-state index contributed by atoms with van der Waals surface area (Å²) in [6.45, 7) is 0.488. The van der Waals surface area contributed by atoms with Gasteiger partial charge in [-0.3, -0.25) is 4.79 Å². The fourth-order valence-electron chi connectivity index (χ4n) is 4.92. The largest absolute Gasteiger partial charge is 0.352 e. The highest BCUT2D eigenvalue weighted by Gasteiger charge is 2.38. The normalized spacial score (nSPS) is 11.1. The lowest BCUT2D eigenvalue weighted by Gasteiger charge is -2.35. The smallest absolute Gasteiger partial charge is 0.221 e. The molecule has 1 amide bonds. The molecule has 0 spiro atoms. The zero-order valence-electron chi connectivity index (χ0n) is 20.2. The standard InChI is InChI=1S/C34H29NO/c36-33(35-26-27-21-23-29(24-22-27)28-13-5-1-6-14-28)25-34(30-15-7-2-8-16-30,31-17-9-3-10-18-31)32-19-11-4-12-20-32/h1-24H,25-26H2,(H,35,36). The Labute approximate surface area is 213 Å². The van der Waals surface area contributed by atoms with Crippen LogP contribution in [0.2, 0.25) is 0 Å². The first kappa shape index (κ1) is 23.3. The van der Waals surface area contributed by atoms with Gasteiger partial charge in [0, 0.05) is 13.0 Å². The Morgan fingerprint density at radius 2 is 0.889 bits per heavy atom. The topological polar surface area (TPSA) is 29.1 Å². The van der Waals surface area contributed by atoms with Crippen LogP contribution in [-0.4, -0.2) is 5.91 Å². The monoisotopic (exact) mass is 467 g/mol. The lowest BCUT2D eigenvalue weighted by molar-refractivity contribution is -0.122. The summed E-state index contributed by atoms with van der Waals surface area (Å²) in [5, 5.41) is 3.18. The van der Waals surface area contributed by atoms with Gasteiger partial charge in [-0.25, -0.2) is 0 Å². The lowest BCUT2D eigenvalue weighted by Crippen LogP contribution is -2.37. The summed E-state index contributed by atoms with van der Waals surface area (Å²) in [5.74, 6) is 0.0127. The minimum Gasteiger partial charge on any atom is -0.352 e. The van der Waals surface area contributed by atoms with Crippen molar-refractivity contribution in [2.45, 2.75) is 18.4 Å². The van der Waals surface area contributed by atoms with E-state index in [2.05, 4.69) is 78.1 Å². The molecule has 0 aliphatic rings. The molecule has 1 N–H and O–H groups in total. The van der Waals surface area contributed by atoms with E-state index in [4.69, 9.17) is 0 Å². The molecule has 0 bridgehead atoms. The van der Waals surface area contributed by atoms with Crippen molar-refractivity contribution in [3.63, 3.8) is 0 Å². The molecule has 0 aliphatic heterocycles. The first-order valence-corrected chi connectivity index (χ1v) is 12.3. The molecule has 0 fully saturated rings. The maximum absolute atomic E-state index is 13.5. The maximum atomic E-state index is 13.5. The van der Waals surface area contributed by atoms with Gasteiger partial charge in [-0.05, 0) is 33.4 Å². The van der Waals surface area contributed by atoms with E-state index in [1.54, 1.807) is 0 Å². The quantitative estimate of drug-likeness (QED) is 0.237. The average molecular weight is 468 g/mol. The van der Waals surface area contributed by atoms with Crippen LogP contribution in [0, 0.1) is 0 Å². The fourth-order valence-corrected chi connectivity index (χ4v) is 4.92. The van der Waals surface area contributed by atoms with Crippen molar-refractivity contribution >= 4 is 5.91 Å². The van der Waals surface area contributed by atoms with Gasteiger partial charge in [-0.1, -0.05) is 146 Å². The van der Waals surface area contributed by atoms with Crippen LogP contribution in [0.25, 0.3) is 11.1 Å². The molecular formula is C34H29NO. The molecule has 0 unspecified atom stereocenters. The second-order valence-electron chi connectivity index (χ2n) is 9.02. The molecule has 5 rings (SSSR count). The number of carbonyl (C=O) groups excluding carboxylic acids is 1. The summed E-state index contributed by atoms with van der Waals surface area (Å²) >= 11 is 0. The van der Waals surface area contributed by atoms with Crippen LogP contribution in [0.5, 0.6) is 0 Å². The third kappa shape index (κ3) is 4.99. The van der Waals surface area contributed by atoms with Gasteiger partial charge in [0.05, 0.1) is 5.41 Å². The predicted octanol–water partition coefficient (Wildman–Crippen LogP) is 7.39. The van der Waals surface area contributed by atoms with E-state index in [9.17, 15) is 4.79 Å². The van der Waals surface area contributed by atoms with Crippen molar-refractivity contribution < 1.29 is 4.79 Å². The zero-order valence-corrected chi connectivity index (χ0v) is 20.2. The maximum Gasteiger partial charge on any atom is 0.221 e. The minimum atomic E-state index is -0.592. The molecule has 0 heterocycles. The van der Waals surface area contributed by atoms with Crippen molar-refractivity contribution in [3.05, 3.63) is 168 Å². The second-order valence-corrected chi connectivity index (χ2v) is 9.02. The van der Waals surface area contributed by atoms with E-state index in [0.29, 0.717) is 13.0 Å². The van der Waals surface area contributed by atoms with Gasteiger partial charge in [0.15, 0.2) is 0 Å². The van der Waals surface area contributed by atoms with Crippen LogP contribution in [0.4, 0.5) is 0 Å². The Kier molecular flexibility index (Phi) is 7.05. The molecule has 2 heteroatoms. The second kappa shape index (κ2) is 10.9. The van der Waals surface area contributed by atoms with E-state index >= 15 is 0 Å². The van der Waals surface area contributed by atoms with Crippen molar-refractivity contribution in [3.8, 4) is 11.1 Å². The van der Waals surface area contributed by atoms with Crippen molar-refractivity contribution in [2.75, 3.05) is 0 Å². The molecule has 5 aromatic rings. The first-order chi connectivity index (χ1) is 17.8. The van der Waals surface area contributed by atoms with Gasteiger partial charge in [-0.15, -0.1) is 0 Å². The highest BCUT2D eigenvalue weighted by atomic mass is 16.1. The first-order valence-electron chi connectivity index (χ1n) is 12.3. The predicted molar refractivity (Wildman–Crippen MR) is 148 cm³/mol. The van der Waals surface area contributed by atoms with E-state index in [1.165, 1.54) is 11.1 Å². The van der Waals surface area contributed by atoms with Crippen LogP contribution in [-0.2, 0) is 16.8 Å². The highest BCUT2D eigenvalue weighted by molar-refractivity contribution is 5.80. The van der Waals surface area contributed by atoms with Gasteiger partial charge >= 0.3 is 0 Å². The molecule has 0 saturated carbocycles. The zero-order chi connectivity index (χ0) is 24.6. The van der Waals surface area contributed by atoms with Crippen LogP contribution in [0.15, 0.2) is 146 Å². The van der Waals surface area contributed by atoms with Crippen LogP contribution in [0.1, 0.15) is 28.7 Å². The molecular weight excluding hydrogens is 438 g/mol. The molecule has 0 radical (unpaired) electrons. The molecule has 0 atom stereocenters. The average Bonchev–Trinajstić information content (AvgIpc) is 2.97. The van der Waals surface area contributed by atoms with Crippen molar-refractivity contribution in [2.24, 2.45) is 0 Å². The Morgan fingerprint density at radius 1 is 0.500 bits per heavy atom. The molecule has 2 nitrogen and oxygen atoms in total. The number of hydrogen-bond acceptors (Lipinski definition) is 1. The van der Waals surface area contributed by atoms with E-state index in [-0.39, 0.29) is 5.91 Å². The number of benzene rings is 5. The summed E-state index contributed by atoms with van der Waals surface area (Å²) < 4.78 is 0. The molecule has 0 aromatic heterocycles. The number of nitrogens with one attached hydrogen (secondary N) is 1. The van der Waals surface area contributed by atoms with Gasteiger partial charge in [0.2, 0.25) is 5.91 Å². The number of amides is 1. The molecule has 176 valence electrons. The van der Waals surface area contributed by atoms with E-state index in [1.807, 2.05) is 72.8 Å². The number of hydrogen-bond donors (Lipinski definition) is 1. The summed E-state index contributed by atoms with van der Waals surface area (Å²) in [7, 11) is 0. The molecule has 0 aliphatic carbocycles. The summed E-state index contributed by atoms with van der Waals surface area (Å²) in [4.78, 5) is 13.5. The molecule has 5 aromatic carbocycles. The summed E-state index contributed by atoms with van der Waals surface area (Å²) in [6, 6.07) is 49.7. The van der Waals surface area contributed by atoms with Gasteiger partial charge in [0.1, 0.15) is 0 Å². The molecule has 36 heavy (non-hydrogen) atoms. The fraction of sp³-hybridized carbons (Fsp3) is 0.0882. The summed E-state index contributed by atoms with van der Waals surface area (Å²) in [6.07, 6.45) is 0.313. The Bertz CT molecular complexity index is 1280. The van der Waals surface area contributed by atoms with Crippen LogP contribution >= 0.6 is 0 Å². The van der Waals surface area contributed by atoms with Gasteiger partial charge in [0.25, 0.3) is 0 Å². The van der Waals surface area contributed by atoms with Crippen LogP contribution < -0.4 is 5.32 Å². The minimum absolute atomic E-state index is 0.0127. The van der Waals surface area contributed by atoms with Crippen LogP contribution in [0.3, 0.4) is 0 Å². The third-order valence-electron chi connectivity index (χ3n) is 6.78. The summed E-state index contributed by atoms with van der Waals surface area (Å²) in [5.41, 5.74) is 6.14. The van der Waals surface area contributed by atoms with E-state index < -0.39 is 5.41 Å². The highest BCUT2D eigenvalue weighted by Crippen LogP contribution is 2.42. The van der Waals surface area contributed by atoms with Gasteiger partial charge < -0.3 is 5.32 Å². The Hall–Kier alpha value is -4.43. The third-order valence-corrected chi connectivity index (χ3v) is 6.78. The Balaban J connectivity index is 1.42. The van der Waals surface area contributed by atoms with E-state index in [0.717, 1.165) is 22.3 Å². The van der Waals surface area contributed by atoms with Gasteiger partial charge in [-0.2, -0.15) is 0 Å². The molecule has 0 saturated heterocycles. The number of carbonyl (C=O) groups is 1. The number of rotatable bonds is 8. The SMILES string of the molecule is O=C(CC(c1ccccc1)(c1ccccc1)c1ccccc1)NCc1ccc(-c2ccccc2)cc1. The lowest BCUT2D eigenvalue weighted by atomic mass is 9.67. The van der Waals surface area contributed by atoms with Crippen molar-refractivity contribution in [1.82, 2.24) is 5.32 Å².